The number of thioether (sulfide) groups is 1. The second-order valence-electron chi connectivity index (χ2n) is 4.76. The number of anilines is 1. The Kier molecular flexibility index (Phi) is 6.48. The van der Waals surface area contributed by atoms with E-state index in [2.05, 4.69) is 10.3 Å². The van der Waals surface area contributed by atoms with Crippen LogP contribution in [0, 0.1) is 0 Å². The normalized spacial score (nSPS) is 11.7. The number of ether oxygens (including phenoxy) is 1. The zero-order valence-electron chi connectivity index (χ0n) is 12.9. The highest BCUT2D eigenvalue weighted by molar-refractivity contribution is 7.98. The first-order valence-corrected chi connectivity index (χ1v) is 8.85. The second kappa shape index (κ2) is 8.37. The summed E-state index contributed by atoms with van der Waals surface area (Å²) in [7, 11) is 0. The summed E-state index contributed by atoms with van der Waals surface area (Å²) in [6.45, 7) is 1.48. The Bertz CT molecular complexity index is 750. The molecule has 0 saturated carbocycles. The third-order valence-electron chi connectivity index (χ3n) is 2.97. The van der Waals surface area contributed by atoms with Crippen molar-refractivity contribution in [1.82, 2.24) is 4.98 Å². The quantitative estimate of drug-likeness (QED) is 0.614. The van der Waals surface area contributed by atoms with Crippen LogP contribution in [0.3, 0.4) is 0 Å². The maximum atomic E-state index is 12.2. The summed E-state index contributed by atoms with van der Waals surface area (Å²) in [5, 5.41) is 3.92. The van der Waals surface area contributed by atoms with Crippen LogP contribution < -0.4 is 5.32 Å². The number of hydrogen-bond donors (Lipinski definition) is 1. The molecule has 1 amide bonds. The molecule has 1 heterocycles. The molecule has 0 spiro atoms. The fourth-order valence-electron chi connectivity index (χ4n) is 1.86. The van der Waals surface area contributed by atoms with Gasteiger partial charge in [0.1, 0.15) is 5.03 Å². The van der Waals surface area contributed by atoms with Crippen LogP contribution in [0.2, 0.25) is 10.0 Å². The van der Waals surface area contributed by atoms with E-state index in [4.69, 9.17) is 27.9 Å². The van der Waals surface area contributed by atoms with Gasteiger partial charge in [-0.05, 0) is 43.5 Å². The predicted molar refractivity (Wildman–Crippen MR) is 96.0 cm³/mol. The van der Waals surface area contributed by atoms with Crippen LogP contribution in [0.1, 0.15) is 17.3 Å². The van der Waals surface area contributed by atoms with Crippen LogP contribution in [0.4, 0.5) is 5.69 Å². The number of pyridine rings is 1. The minimum absolute atomic E-state index is 0.315. The van der Waals surface area contributed by atoms with Crippen molar-refractivity contribution in [3.63, 3.8) is 0 Å². The molecule has 8 heteroatoms. The van der Waals surface area contributed by atoms with E-state index in [0.717, 1.165) is 0 Å². The minimum atomic E-state index is -0.995. The van der Waals surface area contributed by atoms with Crippen LogP contribution in [-0.4, -0.2) is 29.2 Å². The average molecular weight is 385 g/mol. The molecule has 5 nitrogen and oxygen atoms in total. The van der Waals surface area contributed by atoms with Gasteiger partial charge in [-0.25, -0.2) is 9.78 Å². The SMILES string of the molecule is CSc1ncccc1C(=O)O[C@@H](C)C(=O)Nc1cc(Cl)cc(Cl)c1. The maximum Gasteiger partial charge on any atom is 0.341 e. The molecule has 1 atom stereocenters. The summed E-state index contributed by atoms with van der Waals surface area (Å²) in [6, 6.07) is 7.88. The molecule has 0 radical (unpaired) electrons. The Labute approximate surface area is 153 Å². The van der Waals surface area contributed by atoms with Crippen molar-refractivity contribution < 1.29 is 14.3 Å². The van der Waals surface area contributed by atoms with Gasteiger partial charge in [-0.2, -0.15) is 0 Å². The second-order valence-corrected chi connectivity index (χ2v) is 6.42. The third-order valence-corrected chi connectivity index (χ3v) is 4.12. The summed E-state index contributed by atoms with van der Waals surface area (Å²) in [4.78, 5) is 28.5. The molecular weight excluding hydrogens is 371 g/mol. The van der Waals surface area contributed by atoms with Crippen LogP contribution in [0.15, 0.2) is 41.6 Å². The van der Waals surface area contributed by atoms with Crippen molar-refractivity contribution in [3.05, 3.63) is 52.1 Å². The first-order chi connectivity index (χ1) is 11.4. The number of carbonyl (C=O) groups is 2. The van der Waals surface area contributed by atoms with Crippen LogP contribution in [-0.2, 0) is 9.53 Å². The zero-order chi connectivity index (χ0) is 17.7. The number of carbonyl (C=O) groups excluding carboxylic acids is 2. The molecule has 2 rings (SSSR count). The molecule has 0 aliphatic heterocycles. The molecule has 0 aliphatic carbocycles. The first-order valence-electron chi connectivity index (χ1n) is 6.87. The molecule has 1 aromatic heterocycles. The highest BCUT2D eigenvalue weighted by atomic mass is 35.5. The highest BCUT2D eigenvalue weighted by Gasteiger charge is 2.21. The number of halogens is 2. The summed E-state index contributed by atoms with van der Waals surface area (Å²) in [5.41, 5.74) is 0.738. The molecule has 0 aliphatic rings. The monoisotopic (exact) mass is 384 g/mol. The van der Waals surface area contributed by atoms with Crippen molar-refractivity contribution >= 4 is 52.5 Å². The van der Waals surface area contributed by atoms with Crippen molar-refractivity contribution in [2.24, 2.45) is 0 Å². The number of nitrogens with one attached hydrogen (secondary N) is 1. The minimum Gasteiger partial charge on any atom is -0.449 e. The van der Waals surface area contributed by atoms with Gasteiger partial charge in [0, 0.05) is 21.9 Å². The van der Waals surface area contributed by atoms with Crippen molar-refractivity contribution in [1.29, 1.82) is 0 Å². The van der Waals surface area contributed by atoms with E-state index >= 15 is 0 Å². The standard InChI is InChI=1S/C16H14Cl2N2O3S/c1-9(14(21)20-12-7-10(17)6-11(18)8-12)23-16(22)13-4-3-5-19-15(13)24-2/h3-9H,1-2H3,(H,20,21)/t9-/m0/s1. The average Bonchev–Trinajstić information content (AvgIpc) is 2.53. The van der Waals surface area contributed by atoms with Gasteiger partial charge in [0.2, 0.25) is 0 Å². The molecule has 1 N–H and O–H groups in total. The number of aromatic nitrogens is 1. The number of nitrogens with zero attached hydrogens (tertiary/aromatic N) is 1. The summed E-state index contributed by atoms with van der Waals surface area (Å²) >= 11 is 13.1. The Hall–Kier alpha value is -1.76. The van der Waals surface area contributed by atoms with Crippen molar-refractivity contribution in [3.8, 4) is 0 Å². The van der Waals surface area contributed by atoms with E-state index in [9.17, 15) is 9.59 Å². The Morgan fingerprint density at radius 2 is 1.92 bits per heavy atom. The molecule has 0 unspecified atom stereocenters. The van der Waals surface area contributed by atoms with E-state index in [-0.39, 0.29) is 0 Å². The number of amides is 1. The Balaban J connectivity index is 2.04. The van der Waals surface area contributed by atoms with E-state index in [1.807, 2.05) is 0 Å². The third kappa shape index (κ3) is 4.87. The fourth-order valence-corrected chi connectivity index (χ4v) is 2.92. The van der Waals surface area contributed by atoms with Crippen LogP contribution in [0.25, 0.3) is 0 Å². The van der Waals surface area contributed by atoms with E-state index in [1.54, 1.807) is 42.8 Å². The topological polar surface area (TPSA) is 68.3 Å². The first kappa shape index (κ1) is 18.6. The molecule has 0 bridgehead atoms. The highest BCUT2D eigenvalue weighted by Crippen LogP contribution is 2.23. The molecule has 0 saturated heterocycles. The summed E-state index contributed by atoms with van der Waals surface area (Å²) in [6.07, 6.45) is 2.39. The Morgan fingerprint density at radius 3 is 2.54 bits per heavy atom. The lowest BCUT2D eigenvalue weighted by Crippen LogP contribution is -2.30. The smallest absolute Gasteiger partial charge is 0.341 e. The van der Waals surface area contributed by atoms with Gasteiger partial charge in [0.05, 0.1) is 5.56 Å². The van der Waals surface area contributed by atoms with E-state index in [0.29, 0.717) is 26.3 Å². The summed E-state index contributed by atoms with van der Waals surface area (Å²) < 4.78 is 5.20. The van der Waals surface area contributed by atoms with Crippen molar-refractivity contribution in [2.45, 2.75) is 18.1 Å². The number of benzene rings is 1. The van der Waals surface area contributed by atoms with Gasteiger partial charge in [-0.1, -0.05) is 23.2 Å². The zero-order valence-corrected chi connectivity index (χ0v) is 15.2. The largest absolute Gasteiger partial charge is 0.449 e. The van der Waals surface area contributed by atoms with Gasteiger partial charge in [0.15, 0.2) is 6.10 Å². The molecular formula is C16H14Cl2N2O3S. The van der Waals surface area contributed by atoms with Gasteiger partial charge in [0.25, 0.3) is 5.91 Å². The molecule has 24 heavy (non-hydrogen) atoms. The van der Waals surface area contributed by atoms with Gasteiger partial charge in [-0.3, -0.25) is 4.79 Å². The summed E-state index contributed by atoms with van der Waals surface area (Å²) in [5.74, 6) is -1.10. The van der Waals surface area contributed by atoms with Gasteiger partial charge >= 0.3 is 5.97 Å². The molecule has 1 aromatic carbocycles. The lowest BCUT2D eigenvalue weighted by Gasteiger charge is -2.14. The van der Waals surface area contributed by atoms with Gasteiger partial charge < -0.3 is 10.1 Å². The number of hydrogen-bond acceptors (Lipinski definition) is 5. The van der Waals surface area contributed by atoms with Crippen LogP contribution in [0.5, 0.6) is 0 Å². The fraction of sp³-hybridized carbons (Fsp3) is 0.188. The number of rotatable bonds is 5. The van der Waals surface area contributed by atoms with Crippen LogP contribution >= 0.6 is 35.0 Å². The number of esters is 1. The van der Waals surface area contributed by atoms with E-state index < -0.39 is 18.0 Å². The Morgan fingerprint density at radius 1 is 1.25 bits per heavy atom. The molecule has 0 fully saturated rings. The maximum absolute atomic E-state index is 12.2. The van der Waals surface area contributed by atoms with Crippen molar-refractivity contribution in [2.75, 3.05) is 11.6 Å². The molecule has 126 valence electrons. The molecule has 2 aromatic rings. The predicted octanol–water partition coefficient (Wildman–Crippen LogP) is 4.29. The van der Waals surface area contributed by atoms with Gasteiger partial charge in [-0.15, -0.1) is 11.8 Å². The van der Waals surface area contributed by atoms with E-state index in [1.165, 1.54) is 18.7 Å². The lowest BCUT2D eigenvalue weighted by molar-refractivity contribution is -0.123. The lowest BCUT2D eigenvalue weighted by atomic mass is 10.2.